The highest BCUT2D eigenvalue weighted by Crippen LogP contribution is 2.38. The van der Waals surface area contributed by atoms with E-state index in [1.165, 1.54) is 6.20 Å². The van der Waals surface area contributed by atoms with E-state index >= 15 is 0 Å². The van der Waals surface area contributed by atoms with Gasteiger partial charge in [0.1, 0.15) is 5.56 Å². The molecular weight excluding hydrogens is 347 g/mol. The van der Waals surface area contributed by atoms with Gasteiger partial charge in [0.15, 0.2) is 0 Å². The number of rotatable bonds is 4. The SMILES string of the molecule is CC1(C)OB(C(=Cc2ccc3c(=O)c(C(=O)O)c[nH]c3c2)CN)OC1(C)C. The first-order valence-electron chi connectivity index (χ1n) is 8.70. The smallest absolute Gasteiger partial charge is 0.477 e. The van der Waals surface area contributed by atoms with E-state index in [1.54, 1.807) is 18.2 Å². The molecule has 0 saturated carbocycles. The van der Waals surface area contributed by atoms with Crippen LogP contribution in [0.4, 0.5) is 0 Å². The molecule has 3 rings (SSSR count). The number of nitrogens with two attached hydrogens (primary N) is 1. The summed E-state index contributed by atoms with van der Waals surface area (Å²) in [6.07, 6.45) is 3.07. The molecule has 7 nitrogen and oxygen atoms in total. The summed E-state index contributed by atoms with van der Waals surface area (Å²) in [7, 11) is -0.552. The molecule has 8 heteroatoms. The van der Waals surface area contributed by atoms with Crippen molar-refractivity contribution in [1.82, 2.24) is 4.98 Å². The van der Waals surface area contributed by atoms with Gasteiger partial charge in [-0.25, -0.2) is 4.79 Å². The van der Waals surface area contributed by atoms with Gasteiger partial charge in [0.25, 0.3) is 0 Å². The van der Waals surface area contributed by atoms with E-state index in [-0.39, 0.29) is 12.1 Å². The second-order valence-electron chi connectivity index (χ2n) is 7.65. The Balaban J connectivity index is 1.98. The van der Waals surface area contributed by atoms with E-state index in [9.17, 15) is 9.59 Å². The van der Waals surface area contributed by atoms with Crippen molar-refractivity contribution in [3.8, 4) is 0 Å². The molecule has 2 heterocycles. The van der Waals surface area contributed by atoms with Gasteiger partial charge >= 0.3 is 13.1 Å². The largest absolute Gasteiger partial charge is 0.491 e. The third kappa shape index (κ3) is 3.43. The number of aromatic carboxylic acids is 1. The summed E-state index contributed by atoms with van der Waals surface area (Å²) in [4.78, 5) is 26.2. The number of hydrogen-bond donors (Lipinski definition) is 3. The van der Waals surface area contributed by atoms with Crippen LogP contribution in [0.2, 0.25) is 0 Å². The molecule has 142 valence electrons. The molecule has 0 amide bonds. The first kappa shape index (κ1) is 19.3. The monoisotopic (exact) mass is 370 g/mol. The van der Waals surface area contributed by atoms with Crippen LogP contribution in [0.15, 0.2) is 34.7 Å². The number of fused-ring (bicyclic) bond motifs is 1. The lowest BCUT2D eigenvalue weighted by atomic mass is 9.77. The van der Waals surface area contributed by atoms with Crippen molar-refractivity contribution in [1.29, 1.82) is 0 Å². The van der Waals surface area contributed by atoms with E-state index < -0.39 is 29.7 Å². The molecule has 0 radical (unpaired) electrons. The van der Waals surface area contributed by atoms with Gasteiger partial charge in [0.05, 0.1) is 11.2 Å². The van der Waals surface area contributed by atoms with Crippen LogP contribution in [-0.2, 0) is 9.31 Å². The van der Waals surface area contributed by atoms with E-state index in [4.69, 9.17) is 20.1 Å². The zero-order chi connectivity index (χ0) is 20.0. The Morgan fingerprint density at radius 1 is 1.26 bits per heavy atom. The zero-order valence-corrected chi connectivity index (χ0v) is 15.8. The molecule has 1 aliphatic heterocycles. The van der Waals surface area contributed by atoms with Crippen molar-refractivity contribution < 1.29 is 19.2 Å². The third-order valence-electron chi connectivity index (χ3n) is 5.28. The fraction of sp³-hybridized carbons (Fsp3) is 0.368. The minimum atomic E-state index is -1.26. The molecule has 4 N–H and O–H groups in total. The van der Waals surface area contributed by atoms with Gasteiger partial charge in [-0.1, -0.05) is 12.1 Å². The molecule has 27 heavy (non-hydrogen) atoms. The minimum Gasteiger partial charge on any atom is -0.477 e. The Hall–Kier alpha value is -2.42. The molecule has 1 aromatic heterocycles. The van der Waals surface area contributed by atoms with Gasteiger partial charge < -0.3 is 25.1 Å². The number of benzene rings is 1. The second-order valence-corrected chi connectivity index (χ2v) is 7.65. The first-order chi connectivity index (χ1) is 12.6. The number of H-pyrrole nitrogens is 1. The molecule has 0 aliphatic carbocycles. The van der Waals surface area contributed by atoms with Crippen LogP contribution in [0.5, 0.6) is 0 Å². The topological polar surface area (TPSA) is 115 Å². The third-order valence-corrected chi connectivity index (χ3v) is 5.28. The summed E-state index contributed by atoms with van der Waals surface area (Å²) in [6, 6.07) is 5.11. The van der Waals surface area contributed by atoms with E-state index in [1.807, 2.05) is 33.8 Å². The normalized spacial score (nSPS) is 18.9. The van der Waals surface area contributed by atoms with Crippen LogP contribution in [0.1, 0.15) is 43.6 Å². The fourth-order valence-corrected chi connectivity index (χ4v) is 2.92. The molecular formula is C19H23BN2O5. The Morgan fingerprint density at radius 3 is 2.44 bits per heavy atom. The van der Waals surface area contributed by atoms with E-state index in [0.29, 0.717) is 10.9 Å². The van der Waals surface area contributed by atoms with Crippen molar-refractivity contribution in [3.63, 3.8) is 0 Å². The van der Waals surface area contributed by atoms with Crippen molar-refractivity contribution in [3.05, 3.63) is 51.2 Å². The summed E-state index contributed by atoms with van der Waals surface area (Å²) >= 11 is 0. The standard InChI is InChI=1S/C19H23BN2O5/c1-18(2)19(3,4)27-20(26-18)12(9-21)7-11-5-6-13-15(8-11)22-10-14(16(13)23)17(24)25/h5-8,10H,9,21H2,1-4H3,(H,22,23)(H,24,25). The molecule has 1 saturated heterocycles. The van der Waals surface area contributed by atoms with Crippen LogP contribution in [0, 0.1) is 0 Å². The highest BCUT2D eigenvalue weighted by atomic mass is 16.7. The van der Waals surface area contributed by atoms with Gasteiger partial charge in [-0.3, -0.25) is 4.79 Å². The number of carbonyl (C=O) groups is 1. The highest BCUT2D eigenvalue weighted by molar-refractivity contribution is 6.55. The average molecular weight is 370 g/mol. The van der Waals surface area contributed by atoms with Crippen LogP contribution in [-0.4, -0.2) is 40.9 Å². The molecule has 1 aromatic carbocycles. The van der Waals surface area contributed by atoms with Gasteiger partial charge in [0, 0.05) is 23.6 Å². The second kappa shape index (κ2) is 6.63. The van der Waals surface area contributed by atoms with Gasteiger partial charge in [-0.15, -0.1) is 0 Å². The number of nitrogens with one attached hydrogen (secondary N) is 1. The van der Waals surface area contributed by atoms with E-state index in [0.717, 1.165) is 11.0 Å². The Labute approximate surface area is 157 Å². The first-order valence-corrected chi connectivity index (χ1v) is 8.70. The predicted octanol–water partition coefficient (Wildman–Crippen LogP) is 2.20. The fourth-order valence-electron chi connectivity index (χ4n) is 2.92. The summed E-state index contributed by atoms with van der Waals surface area (Å²) in [5, 5.41) is 9.38. The summed E-state index contributed by atoms with van der Waals surface area (Å²) in [6.45, 7) is 8.15. The maximum Gasteiger partial charge on any atom is 0.491 e. The lowest BCUT2D eigenvalue weighted by molar-refractivity contribution is 0.00578. The molecule has 1 aliphatic rings. The summed E-state index contributed by atoms with van der Waals surface area (Å²) < 4.78 is 12.1. The average Bonchev–Trinajstić information content (AvgIpc) is 2.80. The van der Waals surface area contributed by atoms with Gasteiger partial charge in [-0.2, -0.15) is 0 Å². The lowest BCUT2D eigenvalue weighted by Gasteiger charge is -2.32. The molecule has 1 fully saturated rings. The molecule has 2 aromatic rings. The summed E-state index contributed by atoms with van der Waals surface area (Å²) in [5.74, 6) is -1.26. The number of hydrogen-bond acceptors (Lipinski definition) is 5. The Morgan fingerprint density at radius 2 is 1.89 bits per heavy atom. The summed E-state index contributed by atoms with van der Waals surface area (Å²) in [5.41, 5.74) is 6.31. The number of aromatic nitrogens is 1. The van der Waals surface area contributed by atoms with Gasteiger partial charge in [-0.05, 0) is 50.9 Å². The van der Waals surface area contributed by atoms with Crippen LogP contribution >= 0.6 is 0 Å². The Kier molecular flexibility index (Phi) is 4.75. The van der Waals surface area contributed by atoms with E-state index in [2.05, 4.69) is 4.98 Å². The van der Waals surface area contributed by atoms with Crippen molar-refractivity contribution in [2.75, 3.05) is 6.54 Å². The molecule has 0 unspecified atom stereocenters. The highest BCUT2D eigenvalue weighted by Gasteiger charge is 2.52. The number of aromatic amines is 1. The zero-order valence-electron chi connectivity index (χ0n) is 15.8. The molecule has 0 bridgehead atoms. The molecule has 0 spiro atoms. The van der Waals surface area contributed by atoms with Crippen molar-refractivity contribution in [2.24, 2.45) is 5.73 Å². The van der Waals surface area contributed by atoms with Gasteiger partial charge in [0.2, 0.25) is 5.43 Å². The maximum absolute atomic E-state index is 12.2. The van der Waals surface area contributed by atoms with Crippen molar-refractivity contribution >= 4 is 30.1 Å². The lowest BCUT2D eigenvalue weighted by Crippen LogP contribution is -2.41. The number of carboxylic acid groups (broad SMARTS) is 1. The van der Waals surface area contributed by atoms with Crippen LogP contribution in [0.3, 0.4) is 0 Å². The van der Waals surface area contributed by atoms with Crippen molar-refractivity contribution in [2.45, 2.75) is 38.9 Å². The number of pyridine rings is 1. The Bertz CT molecular complexity index is 977. The predicted molar refractivity (Wildman–Crippen MR) is 105 cm³/mol. The maximum atomic E-state index is 12.2. The van der Waals surface area contributed by atoms with Crippen LogP contribution < -0.4 is 11.2 Å². The quantitative estimate of drug-likeness (QED) is 0.711. The minimum absolute atomic E-state index is 0.253. The molecule has 0 atom stereocenters. The van der Waals surface area contributed by atoms with Crippen LogP contribution in [0.25, 0.3) is 17.0 Å². The number of carboxylic acids is 1.